The Kier molecular flexibility index (Phi) is 4.05. The van der Waals surface area contributed by atoms with Crippen LogP contribution in [0.3, 0.4) is 0 Å². The molecule has 0 saturated carbocycles. The summed E-state index contributed by atoms with van der Waals surface area (Å²) in [4.78, 5) is 24.3. The van der Waals surface area contributed by atoms with E-state index in [9.17, 15) is 9.59 Å². The summed E-state index contributed by atoms with van der Waals surface area (Å²) in [6.07, 6.45) is 3.32. The fraction of sp³-hybridized carbons (Fsp3) is 0.118. The van der Waals surface area contributed by atoms with Crippen LogP contribution in [-0.2, 0) is 6.54 Å². The number of pyridine rings is 1. The first-order chi connectivity index (χ1) is 11.2. The molecule has 1 amide bonds. The van der Waals surface area contributed by atoms with Crippen LogP contribution in [0.15, 0.2) is 65.7 Å². The smallest absolute Gasteiger partial charge is 0.258 e. The number of amides is 1. The van der Waals surface area contributed by atoms with Crippen molar-refractivity contribution in [2.45, 2.75) is 13.5 Å². The number of para-hydroxylation sites is 1. The van der Waals surface area contributed by atoms with Crippen LogP contribution in [0.1, 0.15) is 17.3 Å². The van der Waals surface area contributed by atoms with Crippen molar-refractivity contribution < 1.29 is 4.79 Å². The summed E-state index contributed by atoms with van der Waals surface area (Å²) in [5, 5.41) is 6.93. The molecule has 6 heteroatoms. The summed E-state index contributed by atoms with van der Waals surface area (Å²) in [7, 11) is 0. The first-order valence-electron chi connectivity index (χ1n) is 7.30. The monoisotopic (exact) mass is 308 g/mol. The lowest BCUT2D eigenvalue weighted by Gasteiger charge is -2.08. The van der Waals surface area contributed by atoms with Crippen LogP contribution in [0, 0.1) is 0 Å². The number of nitrogens with zero attached hydrogens (tertiary/aromatic N) is 3. The molecule has 0 radical (unpaired) electrons. The van der Waals surface area contributed by atoms with Gasteiger partial charge in [0, 0.05) is 36.8 Å². The van der Waals surface area contributed by atoms with Crippen LogP contribution in [-0.4, -0.2) is 20.3 Å². The molecule has 0 aliphatic carbocycles. The SMILES string of the molecule is CCn1ccc(NC(=O)c2ccc(=O)n(-c3ccccc3)c2)n1. The first-order valence-corrected chi connectivity index (χ1v) is 7.30. The van der Waals surface area contributed by atoms with Gasteiger partial charge in [0.2, 0.25) is 0 Å². The molecule has 1 N–H and O–H groups in total. The van der Waals surface area contributed by atoms with Gasteiger partial charge in [0.1, 0.15) is 0 Å². The van der Waals surface area contributed by atoms with Crippen LogP contribution >= 0.6 is 0 Å². The molecule has 0 fully saturated rings. The lowest BCUT2D eigenvalue weighted by atomic mass is 10.2. The number of anilines is 1. The standard InChI is InChI=1S/C17H16N4O2/c1-2-20-11-10-15(19-20)18-17(23)13-8-9-16(22)21(12-13)14-6-4-3-5-7-14/h3-12H,2H2,1H3,(H,18,19,23). The van der Waals surface area contributed by atoms with E-state index in [0.717, 1.165) is 6.54 Å². The molecule has 0 atom stereocenters. The van der Waals surface area contributed by atoms with Crippen LogP contribution in [0.25, 0.3) is 5.69 Å². The molecule has 116 valence electrons. The maximum absolute atomic E-state index is 12.3. The summed E-state index contributed by atoms with van der Waals surface area (Å²) in [5.74, 6) is 0.172. The fourth-order valence-corrected chi connectivity index (χ4v) is 2.20. The molecule has 1 aromatic carbocycles. The van der Waals surface area contributed by atoms with Crippen LogP contribution in [0.5, 0.6) is 0 Å². The minimum atomic E-state index is -0.309. The molecule has 2 aromatic heterocycles. The molecule has 0 spiro atoms. The molecule has 2 heterocycles. The topological polar surface area (TPSA) is 68.9 Å². The number of rotatable bonds is 4. The molecule has 3 aromatic rings. The molecule has 0 aliphatic heterocycles. The third kappa shape index (κ3) is 3.21. The number of hydrogen-bond acceptors (Lipinski definition) is 3. The highest BCUT2D eigenvalue weighted by molar-refractivity contribution is 6.03. The quantitative estimate of drug-likeness (QED) is 0.804. The number of aromatic nitrogens is 3. The summed E-state index contributed by atoms with van der Waals surface area (Å²) in [6.45, 7) is 2.70. The van der Waals surface area contributed by atoms with Crippen molar-refractivity contribution in [3.8, 4) is 5.69 Å². The Hall–Kier alpha value is -3.15. The van der Waals surface area contributed by atoms with Gasteiger partial charge < -0.3 is 5.32 Å². The first kappa shape index (κ1) is 14.8. The number of benzene rings is 1. The van der Waals surface area contributed by atoms with E-state index in [-0.39, 0.29) is 11.5 Å². The van der Waals surface area contributed by atoms with Gasteiger partial charge in [-0.15, -0.1) is 0 Å². The van der Waals surface area contributed by atoms with Crippen LogP contribution in [0.4, 0.5) is 5.82 Å². The van der Waals surface area contributed by atoms with Gasteiger partial charge in [0.25, 0.3) is 11.5 Å². The average Bonchev–Trinajstić information content (AvgIpc) is 3.03. The van der Waals surface area contributed by atoms with Crippen molar-refractivity contribution in [1.29, 1.82) is 0 Å². The van der Waals surface area contributed by atoms with Gasteiger partial charge in [-0.25, -0.2) is 0 Å². The second-order valence-corrected chi connectivity index (χ2v) is 4.97. The predicted octanol–water partition coefficient (Wildman–Crippen LogP) is 2.31. The van der Waals surface area contributed by atoms with Gasteiger partial charge in [-0.05, 0) is 25.1 Å². The second-order valence-electron chi connectivity index (χ2n) is 4.97. The van der Waals surface area contributed by atoms with Gasteiger partial charge in [-0.3, -0.25) is 18.8 Å². The molecule has 3 rings (SSSR count). The number of carbonyl (C=O) groups excluding carboxylic acids is 1. The highest BCUT2D eigenvalue weighted by atomic mass is 16.2. The summed E-state index contributed by atoms with van der Waals surface area (Å²) >= 11 is 0. The molecular weight excluding hydrogens is 292 g/mol. The molecular formula is C17H16N4O2. The average molecular weight is 308 g/mol. The van der Waals surface area contributed by atoms with Crippen LogP contribution in [0.2, 0.25) is 0 Å². The number of hydrogen-bond donors (Lipinski definition) is 1. The van der Waals surface area contributed by atoms with E-state index in [2.05, 4.69) is 10.4 Å². The second kappa shape index (κ2) is 6.31. The minimum absolute atomic E-state index is 0.192. The Morgan fingerprint density at radius 2 is 1.91 bits per heavy atom. The van der Waals surface area contributed by atoms with E-state index in [1.54, 1.807) is 16.9 Å². The van der Waals surface area contributed by atoms with Crippen molar-refractivity contribution in [1.82, 2.24) is 14.3 Å². The Morgan fingerprint density at radius 1 is 1.13 bits per heavy atom. The largest absolute Gasteiger partial charge is 0.305 e. The van der Waals surface area contributed by atoms with E-state index in [4.69, 9.17) is 0 Å². The molecule has 0 saturated heterocycles. The van der Waals surface area contributed by atoms with Crippen molar-refractivity contribution in [3.05, 3.63) is 76.8 Å². The van der Waals surface area contributed by atoms with Crippen molar-refractivity contribution >= 4 is 11.7 Å². The Morgan fingerprint density at radius 3 is 2.61 bits per heavy atom. The summed E-state index contributed by atoms with van der Waals surface area (Å²) < 4.78 is 3.17. The number of aryl methyl sites for hydroxylation is 1. The van der Waals surface area contributed by atoms with Gasteiger partial charge in [-0.2, -0.15) is 5.10 Å². The zero-order valence-electron chi connectivity index (χ0n) is 12.6. The molecule has 0 bridgehead atoms. The minimum Gasteiger partial charge on any atom is -0.305 e. The van der Waals surface area contributed by atoms with Gasteiger partial charge in [-0.1, -0.05) is 18.2 Å². The highest BCUT2D eigenvalue weighted by Gasteiger charge is 2.10. The van der Waals surface area contributed by atoms with Crippen LogP contribution < -0.4 is 10.9 Å². The van der Waals surface area contributed by atoms with Gasteiger partial charge in [0.15, 0.2) is 5.82 Å². The predicted molar refractivity (Wildman–Crippen MR) is 87.9 cm³/mol. The van der Waals surface area contributed by atoms with E-state index >= 15 is 0 Å². The number of nitrogens with one attached hydrogen (secondary N) is 1. The Bertz CT molecular complexity index is 881. The highest BCUT2D eigenvalue weighted by Crippen LogP contribution is 2.09. The van der Waals surface area contributed by atoms with E-state index in [0.29, 0.717) is 17.1 Å². The van der Waals surface area contributed by atoms with E-state index in [1.807, 2.05) is 37.3 Å². The van der Waals surface area contributed by atoms with E-state index in [1.165, 1.54) is 22.9 Å². The van der Waals surface area contributed by atoms with Crippen molar-refractivity contribution in [3.63, 3.8) is 0 Å². The Labute approximate surface area is 133 Å². The normalized spacial score (nSPS) is 10.5. The Balaban J connectivity index is 1.88. The zero-order valence-corrected chi connectivity index (χ0v) is 12.6. The molecule has 0 aliphatic rings. The third-order valence-electron chi connectivity index (χ3n) is 3.41. The van der Waals surface area contributed by atoms with Crippen molar-refractivity contribution in [2.24, 2.45) is 0 Å². The maximum atomic E-state index is 12.3. The van der Waals surface area contributed by atoms with Crippen molar-refractivity contribution in [2.75, 3.05) is 5.32 Å². The molecule has 23 heavy (non-hydrogen) atoms. The molecule has 6 nitrogen and oxygen atoms in total. The maximum Gasteiger partial charge on any atom is 0.258 e. The van der Waals surface area contributed by atoms with Gasteiger partial charge in [0.05, 0.1) is 5.56 Å². The lowest BCUT2D eigenvalue weighted by molar-refractivity contribution is 0.102. The third-order valence-corrected chi connectivity index (χ3v) is 3.41. The fourth-order valence-electron chi connectivity index (χ4n) is 2.20. The number of carbonyl (C=O) groups is 1. The van der Waals surface area contributed by atoms with E-state index < -0.39 is 0 Å². The molecule has 0 unspecified atom stereocenters. The summed E-state index contributed by atoms with van der Waals surface area (Å²) in [5.41, 5.74) is 0.907. The van der Waals surface area contributed by atoms with Gasteiger partial charge >= 0.3 is 0 Å². The summed E-state index contributed by atoms with van der Waals surface area (Å²) in [6, 6.07) is 13.8. The zero-order chi connectivity index (χ0) is 16.2. The lowest BCUT2D eigenvalue weighted by Crippen LogP contribution is -2.21.